The Balaban J connectivity index is 1.84. The Morgan fingerprint density at radius 1 is 1.45 bits per heavy atom. The van der Waals surface area contributed by atoms with Crippen LogP contribution in [-0.2, 0) is 11.3 Å². The van der Waals surface area contributed by atoms with Gasteiger partial charge < -0.3 is 11.1 Å². The van der Waals surface area contributed by atoms with E-state index in [0.29, 0.717) is 25.1 Å². The van der Waals surface area contributed by atoms with Crippen molar-refractivity contribution in [3.05, 3.63) is 42.0 Å². The number of nitrogen functional groups attached to an aromatic ring is 1. The van der Waals surface area contributed by atoms with Crippen LogP contribution in [0.5, 0.6) is 0 Å². The Bertz CT molecular complexity index is 609. The summed E-state index contributed by atoms with van der Waals surface area (Å²) in [7, 11) is 0. The van der Waals surface area contributed by atoms with Crippen molar-refractivity contribution in [3.63, 3.8) is 0 Å². The number of carbonyl (C=O) groups excluding carboxylic acids is 1. The predicted molar refractivity (Wildman–Crippen MR) is 75.6 cm³/mol. The number of nitrogens with zero attached hydrogens (tertiary/aromatic N) is 2. The van der Waals surface area contributed by atoms with Crippen LogP contribution in [0.25, 0.3) is 0 Å². The van der Waals surface area contributed by atoms with Gasteiger partial charge in [-0.2, -0.15) is 5.10 Å². The molecule has 5 nitrogen and oxygen atoms in total. The summed E-state index contributed by atoms with van der Waals surface area (Å²) in [6.07, 6.45) is 2.66. The van der Waals surface area contributed by atoms with E-state index in [-0.39, 0.29) is 11.6 Å². The molecule has 2 rings (SSSR count). The summed E-state index contributed by atoms with van der Waals surface area (Å²) in [5.74, 6) is -0.727. The fourth-order valence-electron chi connectivity index (χ4n) is 1.87. The first-order valence-electron chi connectivity index (χ1n) is 6.39. The zero-order chi connectivity index (χ0) is 14.5. The molecule has 106 valence electrons. The first-order chi connectivity index (χ1) is 9.56. The number of rotatable bonds is 5. The molecule has 0 saturated carbocycles. The molecule has 1 aromatic carbocycles. The van der Waals surface area contributed by atoms with Crippen LogP contribution in [0.4, 0.5) is 15.8 Å². The molecule has 0 spiro atoms. The number of benzene rings is 1. The van der Waals surface area contributed by atoms with Crippen LogP contribution in [-0.4, -0.2) is 15.7 Å². The van der Waals surface area contributed by atoms with E-state index < -0.39 is 5.82 Å². The quantitative estimate of drug-likeness (QED) is 0.823. The van der Waals surface area contributed by atoms with Gasteiger partial charge in [-0.1, -0.05) is 0 Å². The number of hydrogen-bond acceptors (Lipinski definition) is 3. The van der Waals surface area contributed by atoms with Gasteiger partial charge in [-0.15, -0.1) is 0 Å². The van der Waals surface area contributed by atoms with Gasteiger partial charge in [-0.3, -0.25) is 9.48 Å². The molecule has 1 heterocycles. The predicted octanol–water partition coefficient (Wildman–Crippen LogP) is 2.33. The number of carbonyl (C=O) groups is 1. The number of nitrogens with one attached hydrogen (secondary N) is 1. The second-order valence-corrected chi connectivity index (χ2v) is 4.59. The Hall–Kier alpha value is -2.37. The van der Waals surface area contributed by atoms with Crippen molar-refractivity contribution >= 4 is 17.3 Å². The van der Waals surface area contributed by atoms with E-state index >= 15 is 0 Å². The minimum atomic E-state index is -0.490. The molecule has 2 aromatic rings. The number of amides is 1. The van der Waals surface area contributed by atoms with Gasteiger partial charge in [0.1, 0.15) is 5.82 Å². The van der Waals surface area contributed by atoms with Crippen molar-refractivity contribution < 1.29 is 9.18 Å². The normalized spacial score (nSPS) is 10.5. The molecule has 0 aliphatic rings. The van der Waals surface area contributed by atoms with Crippen LogP contribution in [0, 0.1) is 12.7 Å². The van der Waals surface area contributed by atoms with Crippen LogP contribution < -0.4 is 11.1 Å². The monoisotopic (exact) mass is 276 g/mol. The smallest absolute Gasteiger partial charge is 0.224 e. The highest BCUT2D eigenvalue weighted by Crippen LogP contribution is 2.17. The average Bonchev–Trinajstić information content (AvgIpc) is 2.80. The third kappa shape index (κ3) is 3.57. The minimum absolute atomic E-state index is 0.116. The third-order valence-corrected chi connectivity index (χ3v) is 2.97. The summed E-state index contributed by atoms with van der Waals surface area (Å²) in [5, 5.41) is 6.65. The van der Waals surface area contributed by atoms with Crippen molar-refractivity contribution in [2.24, 2.45) is 0 Å². The molecule has 0 unspecified atom stereocenters. The molecule has 0 atom stereocenters. The van der Waals surface area contributed by atoms with Gasteiger partial charge in [0.25, 0.3) is 0 Å². The summed E-state index contributed by atoms with van der Waals surface area (Å²) >= 11 is 0. The molecule has 0 bridgehead atoms. The van der Waals surface area contributed by atoms with Crippen LogP contribution in [0.15, 0.2) is 30.5 Å². The summed E-state index contributed by atoms with van der Waals surface area (Å²) < 4.78 is 15.3. The van der Waals surface area contributed by atoms with Crippen molar-refractivity contribution in [2.75, 3.05) is 11.1 Å². The minimum Gasteiger partial charge on any atom is -0.399 e. The number of halogens is 1. The molecule has 0 saturated heterocycles. The van der Waals surface area contributed by atoms with Crippen LogP contribution in [0.2, 0.25) is 0 Å². The molecular weight excluding hydrogens is 259 g/mol. The number of anilines is 2. The molecule has 1 aromatic heterocycles. The molecule has 0 fully saturated rings. The number of aryl methyl sites for hydroxylation is 2. The zero-order valence-electron chi connectivity index (χ0n) is 11.3. The van der Waals surface area contributed by atoms with Gasteiger partial charge in [0, 0.05) is 30.5 Å². The Labute approximate surface area is 116 Å². The summed E-state index contributed by atoms with van der Waals surface area (Å²) in [6, 6.07) is 6.00. The highest BCUT2D eigenvalue weighted by molar-refractivity contribution is 5.91. The lowest BCUT2D eigenvalue weighted by atomic mass is 10.2. The SMILES string of the molecule is Cc1ccnn1CCCC(=O)Nc1cc(N)ccc1F. The Morgan fingerprint density at radius 2 is 2.25 bits per heavy atom. The molecule has 20 heavy (non-hydrogen) atoms. The van der Waals surface area contributed by atoms with Crippen molar-refractivity contribution in [1.82, 2.24) is 9.78 Å². The van der Waals surface area contributed by atoms with Crippen LogP contribution >= 0.6 is 0 Å². The van der Waals surface area contributed by atoms with E-state index in [1.54, 1.807) is 6.20 Å². The first kappa shape index (κ1) is 14.0. The number of aromatic nitrogens is 2. The number of nitrogens with two attached hydrogens (primary N) is 1. The van der Waals surface area contributed by atoms with E-state index in [4.69, 9.17) is 5.73 Å². The second kappa shape index (κ2) is 6.18. The van der Waals surface area contributed by atoms with Crippen LogP contribution in [0.3, 0.4) is 0 Å². The Kier molecular flexibility index (Phi) is 4.34. The maximum Gasteiger partial charge on any atom is 0.224 e. The zero-order valence-corrected chi connectivity index (χ0v) is 11.3. The molecule has 3 N–H and O–H groups in total. The highest BCUT2D eigenvalue weighted by Gasteiger charge is 2.07. The van der Waals surface area contributed by atoms with E-state index in [0.717, 1.165) is 5.69 Å². The van der Waals surface area contributed by atoms with E-state index in [1.807, 2.05) is 17.7 Å². The standard InChI is InChI=1S/C14H17FN4O/c1-10-6-7-17-19(10)8-2-3-14(20)18-13-9-11(16)4-5-12(13)15/h4-7,9H,2-3,8,16H2,1H3,(H,18,20). The Morgan fingerprint density at radius 3 is 2.95 bits per heavy atom. The van der Waals surface area contributed by atoms with Gasteiger partial charge in [0.05, 0.1) is 5.69 Å². The molecule has 1 amide bonds. The fraction of sp³-hybridized carbons (Fsp3) is 0.286. The summed E-state index contributed by atoms with van der Waals surface area (Å²) in [4.78, 5) is 11.7. The lowest BCUT2D eigenvalue weighted by Gasteiger charge is -2.08. The molecular formula is C14H17FN4O. The number of hydrogen-bond donors (Lipinski definition) is 2. The fourth-order valence-corrected chi connectivity index (χ4v) is 1.87. The molecule has 0 radical (unpaired) electrons. The summed E-state index contributed by atoms with van der Waals surface area (Å²) in [6.45, 7) is 2.61. The van der Waals surface area contributed by atoms with Gasteiger partial charge in [0.2, 0.25) is 5.91 Å². The van der Waals surface area contributed by atoms with Crippen molar-refractivity contribution in [3.8, 4) is 0 Å². The largest absolute Gasteiger partial charge is 0.399 e. The molecule has 6 heteroatoms. The maximum atomic E-state index is 13.4. The average molecular weight is 276 g/mol. The van der Waals surface area contributed by atoms with Gasteiger partial charge in [-0.25, -0.2) is 4.39 Å². The second-order valence-electron chi connectivity index (χ2n) is 4.59. The van der Waals surface area contributed by atoms with Gasteiger partial charge in [-0.05, 0) is 37.6 Å². The molecule has 0 aliphatic heterocycles. The lowest BCUT2D eigenvalue weighted by molar-refractivity contribution is -0.116. The topological polar surface area (TPSA) is 72.9 Å². The third-order valence-electron chi connectivity index (χ3n) is 2.97. The van der Waals surface area contributed by atoms with E-state index in [1.165, 1.54) is 18.2 Å². The molecule has 0 aliphatic carbocycles. The van der Waals surface area contributed by atoms with Crippen LogP contribution in [0.1, 0.15) is 18.5 Å². The van der Waals surface area contributed by atoms with Crippen molar-refractivity contribution in [1.29, 1.82) is 0 Å². The van der Waals surface area contributed by atoms with E-state index in [9.17, 15) is 9.18 Å². The van der Waals surface area contributed by atoms with Crippen molar-refractivity contribution in [2.45, 2.75) is 26.3 Å². The van der Waals surface area contributed by atoms with Gasteiger partial charge in [0.15, 0.2) is 0 Å². The van der Waals surface area contributed by atoms with E-state index in [2.05, 4.69) is 10.4 Å². The summed E-state index contributed by atoms with van der Waals surface area (Å²) in [5.41, 5.74) is 7.13. The maximum absolute atomic E-state index is 13.4. The van der Waals surface area contributed by atoms with Gasteiger partial charge >= 0.3 is 0 Å². The first-order valence-corrected chi connectivity index (χ1v) is 6.39. The highest BCUT2D eigenvalue weighted by atomic mass is 19.1. The lowest BCUT2D eigenvalue weighted by Crippen LogP contribution is -2.14.